The van der Waals surface area contributed by atoms with Crippen molar-refractivity contribution in [3.8, 4) is 0 Å². The van der Waals surface area contributed by atoms with E-state index in [9.17, 15) is 4.79 Å². The minimum absolute atomic E-state index is 0.0211. The zero-order chi connectivity index (χ0) is 16.8. The maximum atomic E-state index is 12.2. The topological polar surface area (TPSA) is 54.5 Å². The number of carbonyl (C=O) groups excluding carboxylic acids is 1. The number of hydrogen-bond acceptors (Lipinski definition) is 4. The van der Waals surface area contributed by atoms with Gasteiger partial charge in [-0.3, -0.25) is 14.7 Å². The number of benzene rings is 1. The number of carbonyl (C=O) groups is 1. The SMILES string of the molecule is Cc1cc(NC(=O)CC2CN(Cc3ccccc3)CCO2)ccn1. The average Bonchev–Trinajstić information content (AvgIpc) is 2.56. The average molecular weight is 325 g/mol. The normalized spacial score (nSPS) is 18.3. The smallest absolute Gasteiger partial charge is 0.227 e. The molecule has 0 bridgehead atoms. The molecule has 2 aromatic rings. The Morgan fingerprint density at radius 1 is 1.33 bits per heavy atom. The molecule has 5 nitrogen and oxygen atoms in total. The van der Waals surface area contributed by atoms with E-state index in [0.29, 0.717) is 13.0 Å². The molecular formula is C19H23N3O2. The van der Waals surface area contributed by atoms with Crippen molar-refractivity contribution in [2.45, 2.75) is 26.0 Å². The van der Waals surface area contributed by atoms with Gasteiger partial charge >= 0.3 is 0 Å². The maximum absolute atomic E-state index is 12.2. The van der Waals surface area contributed by atoms with Crippen LogP contribution >= 0.6 is 0 Å². The number of pyridine rings is 1. The molecule has 5 heteroatoms. The summed E-state index contributed by atoms with van der Waals surface area (Å²) in [5.74, 6) is -0.0211. The zero-order valence-electron chi connectivity index (χ0n) is 13.9. The summed E-state index contributed by atoms with van der Waals surface area (Å²) >= 11 is 0. The molecule has 1 aliphatic rings. The van der Waals surface area contributed by atoms with Crippen LogP contribution in [0, 0.1) is 6.92 Å². The van der Waals surface area contributed by atoms with E-state index in [0.717, 1.165) is 31.0 Å². The summed E-state index contributed by atoms with van der Waals surface area (Å²) < 4.78 is 5.76. The Balaban J connectivity index is 1.50. The second-order valence-electron chi connectivity index (χ2n) is 6.15. The lowest BCUT2D eigenvalue weighted by Gasteiger charge is -2.32. The van der Waals surface area contributed by atoms with Crippen molar-refractivity contribution < 1.29 is 9.53 Å². The van der Waals surface area contributed by atoms with Gasteiger partial charge in [-0.25, -0.2) is 0 Å². The minimum Gasteiger partial charge on any atom is -0.375 e. The minimum atomic E-state index is -0.0644. The van der Waals surface area contributed by atoms with Gasteiger partial charge in [0.25, 0.3) is 0 Å². The predicted octanol–water partition coefficient (Wildman–Crippen LogP) is 2.62. The summed E-state index contributed by atoms with van der Waals surface area (Å²) in [6, 6.07) is 14.0. The maximum Gasteiger partial charge on any atom is 0.227 e. The Morgan fingerprint density at radius 2 is 2.17 bits per heavy atom. The predicted molar refractivity (Wildman–Crippen MR) is 93.7 cm³/mol. The van der Waals surface area contributed by atoms with Crippen LogP contribution < -0.4 is 5.32 Å². The van der Waals surface area contributed by atoms with Gasteiger partial charge in [0.15, 0.2) is 0 Å². The highest BCUT2D eigenvalue weighted by Gasteiger charge is 2.23. The molecule has 24 heavy (non-hydrogen) atoms. The number of anilines is 1. The molecular weight excluding hydrogens is 302 g/mol. The van der Waals surface area contributed by atoms with Gasteiger partial charge in [-0.15, -0.1) is 0 Å². The van der Waals surface area contributed by atoms with Crippen LogP contribution in [0.5, 0.6) is 0 Å². The lowest BCUT2D eigenvalue weighted by Crippen LogP contribution is -2.43. The van der Waals surface area contributed by atoms with Gasteiger partial charge in [0.1, 0.15) is 0 Å². The van der Waals surface area contributed by atoms with Crippen LogP contribution in [0.1, 0.15) is 17.7 Å². The first kappa shape index (κ1) is 16.6. The Bertz CT molecular complexity index is 675. The van der Waals surface area contributed by atoms with Gasteiger partial charge in [0.05, 0.1) is 19.1 Å². The number of aryl methyl sites for hydroxylation is 1. The quantitative estimate of drug-likeness (QED) is 0.918. The van der Waals surface area contributed by atoms with Gasteiger partial charge in [-0.05, 0) is 24.6 Å². The van der Waals surface area contributed by atoms with Crippen molar-refractivity contribution in [1.29, 1.82) is 0 Å². The summed E-state index contributed by atoms with van der Waals surface area (Å²) in [5.41, 5.74) is 2.95. The van der Waals surface area contributed by atoms with E-state index in [1.807, 2.05) is 19.1 Å². The van der Waals surface area contributed by atoms with Gasteiger partial charge in [-0.2, -0.15) is 0 Å². The summed E-state index contributed by atoms with van der Waals surface area (Å²) in [6.45, 7) is 5.14. The van der Waals surface area contributed by atoms with E-state index in [1.54, 1.807) is 12.3 Å². The Hall–Kier alpha value is -2.24. The second-order valence-corrected chi connectivity index (χ2v) is 6.15. The fraction of sp³-hybridized carbons (Fsp3) is 0.368. The van der Waals surface area contributed by atoms with Crippen molar-refractivity contribution in [2.75, 3.05) is 25.0 Å². The molecule has 1 unspecified atom stereocenters. The van der Waals surface area contributed by atoms with Crippen molar-refractivity contribution in [1.82, 2.24) is 9.88 Å². The van der Waals surface area contributed by atoms with Gasteiger partial charge in [-0.1, -0.05) is 30.3 Å². The first-order valence-corrected chi connectivity index (χ1v) is 8.29. The van der Waals surface area contributed by atoms with Crippen LogP contribution in [0.3, 0.4) is 0 Å². The first-order chi connectivity index (χ1) is 11.7. The van der Waals surface area contributed by atoms with Gasteiger partial charge < -0.3 is 10.1 Å². The van der Waals surface area contributed by atoms with Crippen LogP contribution in [0.25, 0.3) is 0 Å². The molecule has 126 valence electrons. The third kappa shape index (κ3) is 4.88. The van der Waals surface area contributed by atoms with Crippen LogP contribution in [0.2, 0.25) is 0 Å². The molecule has 2 heterocycles. The van der Waals surface area contributed by atoms with Crippen LogP contribution in [0.4, 0.5) is 5.69 Å². The Morgan fingerprint density at radius 3 is 2.96 bits per heavy atom. The molecule has 1 N–H and O–H groups in total. The molecule has 1 atom stereocenters. The molecule has 1 aliphatic heterocycles. The first-order valence-electron chi connectivity index (χ1n) is 8.29. The monoisotopic (exact) mass is 325 g/mol. The molecule has 1 amide bonds. The molecule has 3 rings (SSSR count). The molecule has 1 aromatic heterocycles. The fourth-order valence-corrected chi connectivity index (χ4v) is 2.93. The molecule has 1 aromatic carbocycles. The second kappa shape index (κ2) is 8.04. The lowest BCUT2D eigenvalue weighted by molar-refractivity contribution is -0.121. The van der Waals surface area contributed by atoms with E-state index >= 15 is 0 Å². The number of nitrogens with zero attached hydrogens (tertiary/aromatic N) is 2. The van der Waals surface area contributed by atoms with E-state index in [1.165, 1.54) is 5.56 Å². The standard InChI is InChI=1S/C19H23N3O2/c1-15-11-17(7-8-20-15)21-19(23)12-18-14-22(9-10-24-18)13-16-5-3-2-4-6-16/h2-8,11,18H,9-10,12-14H2,1H3,(H,20,21,23). The van der Waals surface area contributed by atoms with Crippen LogP contribution in [-0.4, -0.2) is 41.6 Å². The third-order valence-electron chi connectivity index (χ3n) is 4.07. The lowest BCUT2D eigenvalue weighted by atomic mass is 10.1. The fourth-order valence-electron chi connectivity index (χ4n) is 2.93. The molecule has 0 saturated carbocycles. The van der Waals surface area contributed by atoms with E-state index < -0.39 is 0 Å². The number of rotatable bonds is 5. The molecule has 0 spiro atoms. The summed E-state index contributed by atoms with van der Waals surface area (Å²) in [4.78, 5) is 18.7. The number of hydrogen-bond donors (Lipinski definition) is 1. The highest BCUT2D eigenvalue weighted by atomic mass is 16.5. The van der Waals surface area contributed by atoms with Gasteiger partial charge in [0.2, 0.25) is 5.91 Å². The molecule has 0 aliphatic carbocycles. The highest BCUT2D eigenvalue weighted by molar-refractivity contribution is 5.91. The van der Waals surface area contributed by atoms with Crippen molar-refractivity contribution in [3.05, 3.63) is 59.9 Å². The number of nitrogens with one attached hydrogen (secondary N) is 1. The molecule has 0 radical (unpaired) electrons. The zero-order valence-corrected chi connectivity index (χ0v) is 13.9. The van der Waals surface area contributed by atoms with Gasteiger partial charge in [0, 0.05) is 37.2 Å². The van der Waals surface area contributed by atoms with E-state index in [-0.39, 0.29) is 12.0 Å². The number of amides is 1. The van der Waals surface area contributed by atoms with E-state index in [2.05, 4.69) is 39.5 Å². The van der Waals surface area contributed by atoms with Crippen LogP contribution in [0.15, 0.2) is 48.7 Å². The number of aromatic nitrogens is 1. The van der Waals surface area contributed by atoms with Crippen molar-refractivity contribution >= 4 is 11.6 Å². The number of morpholine rings is 1. The summed E-state index contributed by atoms with van der Waals surface area (Å²) in [7, 11) is 0. The van der Waals surface area contributed by atoms with Crippen molar-refractivity contribution in [2.24, 2.45) is 0 Å². The summed E-state index contributed by atoms with van der Waals surface area (Å²) in [5, 5.41) is 2.92. The third-order valence-corrected chi connectivity index (χ3v) is 4.07. The Labute approximate surface area is 142 Å². The van der Waals surface area contributed by atoms with Crippen LogP contribution in [-0.2, 0) is 16.1 Å². The number of ether oxygens (including phenoxy) is 1. The van der Waals surface area contributed by atoms with E-state index in [4.69, 9.17) is 4.74 Å². The summed E-state index contributed by atoms with van der Waals surface area (Å²) in [6.07, 6.45) is 2.00. The van der Waals surface area contributed by atoms with Crippen molar-refractivity contribution in [3.63, 3.8) is 0 Å². The molecule has 1 saturated heterocycles. The highest BCUT2D eigenvalue weighted by Crippen LogP contribution is 2.14. The molecule has 1 fully saturated rings. The Kier molecular flexibility index (Phi) is 5.56. The largest absolute Gasteiger partial charge is 0.375 e.